The third kappa shape index (κ3) is 5.54. The van der Waals surface area contributed by atoms with Gasteiger partial charge in [-0.05, 0) is 27.7 Å². The van der Waals surface area contributed by atoms with Gasteiger partial charge in [-0.1, -0.05) is 0 Å². The van der Waals surface area contributed by atoms with E-state index < -0.39 is 30.3 Å². The Balaban J connectivity index is 2.57. The molecule has 0 radical (unpaired) electrons. The smallest absolute Gasteiger partial charge is 0.408 e. The number of aromatic nitrogens is 1. The fourth-order valence-corrected chi connectivity index (χ4v) is 1.94. The molecule has 0 aliphatic heterocycles. The molecule has 0 aromatic carbocycles. The molecule has 0 spiro atoms. The fraction of sp³-hybridized carbons (Fsp3) is 0.583. The van der Waals surface area contributed by atoms with Crippen LogP contribution in [0.1, 0.15) is 26.5 Å². The zero-order valence-corrected chi connectivity index (χ0v) is 12.7. The Morgan fingerprint density at radius 3 is 2.60 bits per heavy atom. The fourth-order valence-electron chi connectivity index (χ4n) is 1.25. The second-order valence-corrected chi connectivity index (χ2v) is 6.02. The van der Waals surface area contributed by atoms with Gasteiger partial charge in [0.1, 0.15) is 11.6 Å². The largest absolute Gasteiger partial charge is 0.444 e. The minimum atomic E-state index is -1.09. The van der Waals surface area contributed by atoms with Gasteiger partial charge in [0.2, 0.25) is 0 Å². The standard InChI is InChI=1S/C12H19N3O4S/c1-7-6-20-10(13-7)15-9(17)8(5-16)14-11(18)19-12(2,3)4/h6,8,16H,5H2,1-4H3,(H,14,18)(H,13,15,17)/t8-/m1/s1. The Hall–Kier alpha value is -1.67. The van der Waals surface area contributed by atoms with E-state index in [1.807, 2.05) is 0 Å². The molecule has 7 nitrogen and oxygen atoms in total. The molecule has 1 aromatic rings. The Labute approximate surface area is 121 Å². The number of aliphatic hydroxyl groups is 1. The number of aliphatic hydroxyl groups excluding tert-OH is 1. The monoisotopic (exact) mass is 301 g/mol. The highest BCUT2D eigenvalue weighted by Crippen LogP contribution is 2.14. The van der Waals surface area contributed by atoms with Gasteiger partial charge >= 0.3 is 6.09 Å². The van der Waals surface area contributed by atoms with E-state index in [0.29, 0.717) is 5.13 Å². The summed E-state index contributed by atoms with van der Waals surface area (Å²) in [5, 5.41) is 16.2. The Bertz CT molecular complexity index is 481. The number of aryl methyl sites for hydroxylation is 1. The number of carbonyl (C=O) groups is 2. The third-order valence-corrected chi connectivity index (χ3v) is 2.91. The molecule has 0 aliphatic carbocycles. The summed E-state index contributed by atoms with van der Waals surface area (Å²) in [4.78, 5) is 27.5. The number of nitrogens with one attached hydrogen (secondary N) is 2. The molecular weight excluding hydrogens is 282 g/mol. The molecule has 0 unspecified atom stereocenters. The number of rotatable bonds is 4. The van der Waals surface area contributed by atoms with Crippen LogP contribution in [0.2, 0.25) is 0 Å². The number of anilines is 1. The van der Waals surface area contributed by atoms with Crippen molar-refractivity contribution < 1.29 is 19.4 Å². The quantitative estimate of drug-likeness (QED) is 0.777. The van der Waals surface area contributed by atoms with E-state index in [1.165, 1.54) is 11.3 Å². The predicted octanol–water partition coefficient (Wildman–Crippen LogP) is 1.28. The van der Waals surface area contributed by atoms with Crippen molar-refractivity contribution in [3.63, 3.8) is 0 Å². The first-order valence-electron chi connectivity index (χ1n) is 6.04. The molecule has 112 valence electrons. The number of hydrogen-bond acceptors (Lipinski definition) is 6. The van der Waals surface area contributed by atoms with E-state index >= 15 is 0 Å². The number of nitrogens with zero attached hydrogens (tertiary/aromatic N) is 1. The minimum Gasteiger partial charge on any atom is -0.444 e. The zero-order valence-electron chi connectivity index (χ0n) is 11.9. The number of alkyl carbamates (subject to hydrolysis) is 1. The molecule has 0 aliphatic rings. The van der Waals surface area contributed by atoms with E-state index in [1.54, 1.807) is 33.1 Å². The van der Waals surface area contributed by atoms with Crippen molar-refractivity contribution in [1.82, 2.24) is 10.3 Å². The lowest BCUT2D eigenvalue weighted by Gasteiger charge is -2.22. The maximum Gasteiger partial charge on any atom is 0.408 e. The number of thiazole rings is 1. The van der Waals surface area contributed by atoms with Crippen LogP contribution in [-0.4, -0.2) is 40.3 Å². The van der Waals surface area contributed by atoms with Crippen LogP contribution in [0.5, 0.6) is 0 Å². The molecule has 1 atom stereocenters. The van der Waals surface area contributed by atoms with Crippen molar-refractivity contribution in [3.05, 3.63) is 11.1 Å². The summed E-state index contributed by atoms with van der Waals surface area (Å²) in [7, 11) is 0. The average Bonchev–Trinajstić information content (AvgIpc) is 2.69. The van der Waals surface area contributed by atoms with Gasteiger partial charge in [0.05, 0.1) is 12.3 Å². The van der Waals surface area contributed by atoms with E-state index in [0.717, 1.165) is 5.69 Å². The molecule has 8 heteroatoms. The zero-order chi connectivity index (χ0) is 15.3. The van der Waals surface area contributed by atoms with Gasteiger partial charge < -0.3 is 20.5 Å². The summed E-state index contributed by atoms with van der Waals surface area (Å²) in [5.41, 5.74) is 0.110. The first-order valence-corrected chi connectivity index (χ1v) is 6.92. The van der Waals surface area contributed by atoms with Crippen LogP contribution in [0.25, 0.3) is 0 Å². The van der Waals surface area contributed by atoms with Crippen LogP contribution < -0.4 is 10.6 Å². The molecule has 1 aromatic heterocycles. The lowest BCUT2D eigenvalue weighted by atomic mass is 10.2. The van der Waals surface area contributed by atoms with E-state index in [4.69, 9.17) is 4.74 Å². The maximum absolute atomic E-state index is 11.9. The molecule has 3 N–H and O–H groups in total. The summed E-state index contributed by atoms with van der Waals surface area (Å²) in [6.45, 7) is 6.39. The van der Waals surface area contributed by atoms with Gasteiger partial charge in [-0.2, -0.15) is 0 Å². The molecule has 20 heavy (non-hydrogen) atoms. The first kappa shape index (κ1) is 16.4. The Kier molecular flexibility index (Phi) is 5.46. The first-order chi connectivity index (χ1) is 9.21. The maximum atomic E-state index is 11.9. The molecule has 0 saturated heterocycles. The van der Waals surface area contributed by atoms with E-state index in [9.17, 15) is 14.7 Å². The number of ether oxygens (including phenoxy) is 1. The highest BCUT2D eigenvalue weighted by molar-refractivity contribution is 7.13. The Morgan fingerprint density at radius 2 is 2.15 bits per heavy atom. The second-order valence-electron chi connectivity index (χ2n) is 5.16. The van der Waals surface area contributed by atoms with Crippen LogP contribution in [0.15, 0.2) is 5.38 Å². The second kappa shape index (κ2) is 6.67. The lowest BCUT2D eigenvalue weighted by molar-refractivity contribution is -0.119. The van der Waals surface area contributed by atoms with Crippen molar-refractivity contribution in [1.29, 1.82) is 0 Å². The van der Waals surface area contributed by atoms with Gasteiger partial charge in [-0.3, -0.25) is 4.79 Å². The number of amides is 2. The average molecular weight is 301 g/mol. The van der Waals surface area contributed by atoms with Crippen molar-refractivity contribution >= 4 is 28.5 Å². The topological polar surface area (TPSA) is 101 Å². The summed E-state index contributed by atoms with van der Waals surface area (Å²) in [6, 6.07) is -1.09. The van der Waals surface area contributed by atoms with Gasteiger partial charge in [0, 0.05) is 5.38 Å². The van der Waals surface area contributed by atoms with Crippen LogP contribution in [-0.2, 0) is 9.53 Å². The highest BCUT2D eigenvalue weighted by Gasteiger charge is 2.24. The van der Waals surface area contributed by atoms with Gasteiger partial charge in [0.25, 0.3) is 5.91 Å². The highest BCUT2D eigenvalue weighted by atomic mass is 32.1. The molecular formula is C12H19N3O4S. The van der Waals surface area contributed by atoms with Crippen LogP contribution in [0.4, 0.5) is 9.93 Å². The van der Waals surface area contributed by atoms with Gasteiger partial charge in [-0.15, -0.1) is 11.3 Å². The van der Waals surface area contributed by atoms with Gasteiger partial charge in [0.15, 0.2) is 5.13 Å². The number of carbonyl (C=O) groups excluding carboxylic acids is 2. The molecule has 1 rings (SSSR count). The Morgan fingerprint density at radius 1 is 1.50 bits per heavy atom. The molecule has 0 saturated carbocycles. The lowest BCUT2D eigenvalue weighted by Crippen LogP contribution is -2.47. The van der Waals surface area contributed by atoms with Crippen molar-refractivity contribution in [2.45, 2.75) is 39.3 Å². The van der Waals surface area contributed by atoms with Crippen LogP contribution in [0.3, 0.4) is 0 Å². The van der Waals surface area contributed by atoms with Crippen LogP contribution in [0, 0.1) is 6.92 Å². The minimum absolute atomic E-state index is 0.414. The summed E-state index contributed by atoms with van der Waals surface area (Å²) in [5.74, 6) is -0.548. The molecule has 2 amide bonds. The third-order valence-electron chi connectivity index (χ3n) is 2.04. The van der Waals surface area contributed by atoms with Crippen molar-refractivity contribution in [2.75, 3.05) is 11.9 Å². The summed E-state index contributed by atoms with van der Waals surface area (Å²) in [6.07, 6.45) is -0.762. The number of hydrogen-bond donors (Lipinski definition) is 3. The summed E-state index contributed by atoms with van der Waals surface area (Å²) < 4.78 is 5.02. The molecule has 0 bridgehead atoms. The van der Waals surface area contributed by atoms with Gasteiger partial charge in [-0.25, -0.2) is 9.78 Å². The normalized spacial score (nSPS) is 12.7. The van der Waals surface area contributed by atoms with E-state index in [-0.39, 0.29) is 0 Å². The van der Waals surface area contributed by atoms with Crippen molar-refractivity contribution in [2.24, 2.45) is 0 Å². The molecule has 1 heterocycles. The summed E-state index contributed by atoms with van der Waals surface area (Å²) >= 11 is 1.27. The predicted molar refractivity (Wildman–Crippen MR) is 75.7 cm³/mol. The van der Waals surface area contributed by atoms with Crippen molar-refractivity contribution in [3.8, 4) is 0 Å². The van der Waals surface area contributed by atoms with Crippen LogP contribution >= 0.6 is 11.3 Å². The SMILES string of the molecule is Cc1csc(NC(=O)[C@@H](CO)NC(=O)OC(C)(C)C)n1. The molecule has 0 fully saturated rings. The van der Waals surface area contributed by atoms with E-state index in [2.05, 4.69) is 15.6 Å².